The molecule has 0 aliphatic heterocycles. The Hall–Kier alpha value is -1.81. The van der Waals surface area contributed by atoms with Crippen LogP contribution in [0.1, 0.15) is 54.4 Å². The number of nitrogens with two attached hydrogens (primary N) is 1. The number of thioether (sulfide) groups is 1. The van der Waals surface area contributed by atoms with Crippen LogP contribution < -0.4 is 21.7 Å². The predicted octanol–water partition coefficient (Wildman–Crippen LogP) is 0.964. The first-order valence-corrected chi connectivity index (χ1v) is 12.1. The fraction of sp³-hybridized carbons (Fsp3) is 0.810. The molecule has 4 unspecified atom stereocenters. The Morgan fingerprint density at radius 1 is 0.839 bits per heavy atom. The molecule has 10 heteroatoms. The molecule has 4 atom stereocenters. The van der Waals surface area contributed by atoms with E-state index in [1.54, 1.807) is 39.5 Å². The number of carboxylic acid groups (broad SMARTS) is 1. The molecule has 6 N–H and O–H groups in total. The van der Waals surface area contributed by atoms with Crippen molar-refractivity contribution in [3.63, 3.8) is 0 Å². The van der Waals surface area contributed by atoms with Crippen LogP contribution in [0.5, 0.6) is 0 Å². The van der Waals surface area contributed by atoms with Gasteiger partial charge in [-0.3, -0.25) is 14.4 Å². The Morgan fingerprint density at radius 3 is 1.68 bits per heavy atom. The molecule has 0 aromatic carbocycles. The number of hydrogen-bond donors (Lipinski definition) is 5. The lowest BCUT2D eigenvalue weighted by Gasteiger charge is -2.28. The fourth-order valence-corrected chi connectivity index (χ4v) is 3.39. The second-order valence-corrected chi connectivity index (χ2v) is 9.86. The zero-order valence-electron chi connectivity index (χ0n) is 19.7. The molecule has 9 nitrogen and oxygen atoms in total. The van der Waals surface area contributed by atoms with E-state index in [0.717, 1.165) is 5.75 Å². The van der Waals surface area contributed by atoms with Crippen molar-refractivity contribution in [2.24, 2.45) is 23.5 Å². The maximum Gasteiger partial charge on any atom is 0.326 e. The number of hydrogen-bond acceptors (Lipinski definition) is 6. The van der Waals surface area contributed by atoms with Gasteiger partial charge in [-0.25, -0.2) is 4.79 Å². The average Bonchev–Trinajstić information content (AvgIpc) is 2.66. The third-order valence-corrected chi connectivity index (χ3v) is 5.43. The van der Waals surface area contributed by atoms with Crippen molar-refractivity contribution in [1.82, 2.24) is 16.0 Å². The molecule has 0 saturated heterocycles. The summed E-state index contributed by atoms with van der Waals surface area (Å²) < 4.78 is 0. The van der Waals surface area contributed by atoms with Crippen LogP contribution in [0.15, 0.2) is 0 Å². The monoisotopic (exact) mass is 460 g/mol. The topological polar surface area (TPSA) is 151 Å². The van der Waals surface area contributed by atoms with Crippen LogP contribution in [-0.2, 0) is 19.2 Å². The Balaban J connectivity index is 5.29. The van der Waals surface area contributed by atoms with Gasteiger partial charge in [0.15, 0.2) is 0 Å². The first kappa shape index (κ1) is 29.2. The van der Waals surface area contributed by atoms with Gasteiger partial charge in [-0.2, -0.15) is 11.8 Å². The highest BCUT2D eigenvalue weighted by molar-refractivity contribution is 7.98. The van der Waals surface area contributed by atoms with Crippen molar-refractivity contribution < 1.29 is 24.3 Å². The smallest absolute Gasteiger partial charge is 0.326 e. The summed E-state index contributed by atoms with van der Waals surface area (Å²) in [7, 11) is 0. The zero-order chi connectivity index (χ0) is 24.3. The molecule has 0 spiro atoms. The lowest BCUT2D eigenvalue weighted by Crippen LogP contribution is -2.59. The van der Waals surface area contributed by atoms with Crippen LogP contribution in [0.3, 0.4) is 0 Å². The molecule has 0 aliphatic rings. The molecule has 0 bridgehead atoms. The van der Waals surface area contributed by atoms with E-state index in [1.807, 2.05) is 20.1 Å². The Morgan fingerprint density at radius 2 is 1.29 bits per heavy atom. The number of aliphatic carboxylic acids is 1. The molecule has 0 radical (unpaired) electrons. The van der Waals surface area contributed by atoms with Crippen LogP contribution in [0.2, 0.25) is 0 Å². The number of carboxylic acids is 1. The van der Waals surface area contributed by atoms with Gasteiger partial charge in [0.05, 0.1) is 6.04 Å². The third kappa shape index (κ3) is 10.9. The summed E-state index contributed by atoms with van der Waals surface area (Å²) in [6, 6.07) is -3.57. The van der Waals surface area contributed by atoms with Crippen LogP contribution in [-0.4, -0.2) is 65.0 Å². The number of rotatable bonds is 14. The Bertz CT molecular complexity index is 613. The van der Waals surface area contributed by atoms with Gasteiger partial charge < -0.3 is 26.8 Å². The lowest BCUT2D eigenvalue weighted by atomic mass is 9.98. The molecule has 0 aromatic heterocycles. The number of carbonyl (C=O) groups excluding carboxylic acids is 3. The van der Waals surface area contributed by atoms with Crippen molar-refractivity contribution in [2.75, 3.05) is 12.0 Å². The van der Waals surface area contributed by atoms with E-state index >= 15 is 0 Å². The van der Waals surface area contributed by atoms with E-state index in [2.05, 4.69) is 16.0 Å². The van der Waals surface area contributed by atoms with E-state index in [9.17, 15) is 24.3 Å². The molecule has 0 heterocycles. The zero-order valence-corrected chi connectivity index (χ0v) is 20.5. The molecule has 31 heavy (non-hydrogen) atoms. The molecular formula is C21H40N4O5S. The van der Waals surface area contributed by atoms with Gasteiger partial charge in [0.25, 0.3) is 0 Å². The summed E-state index contributed by atoms with van der Waals surface area (Å²) in [6.45, 7) is 10.8. The minimum absolute atomic E-state index is 0.0735. The second-order valence-electron chi connectivity index (χ2n) is 8.88. The minimum atomic E-state index is -1.12. The maximum atomic E-state index is 12.9. The van der Waals surface area contributed by atoms with E-state index in [1.165, 1.54) is 0 Å². The van der Waals surface area contributed by atoms with Crippen LogP contribution in [0.25, 0.3) is 0 Å². The second kappa shape index (κ2) is 14.3. The molecule has 0 fully saturated rings. The highest BCUT2D eigenvalue weighted by Gasteiger charge is 2.33. The van der Waals surface area contributed by atoms with Crippen LogP contribution in [0.4, 0.5) is 0 Å². The van der Waals surface area contributed by atoms with E-state index < -0.39 is 47.9 Å². The quantitative estimate of drug-likeness (QED) is 0.259. The summed E-state index contributed by atoms with van der Waals surface area (Å²) in [5.41, 5.74) is 5.90. The Kier molecular flexibility index (Phi) is 13.5. The van der Waals surface area contributed by atoms with Crippen molar-refractivity contribution >= 4 is 35.5 Å². The summed E-state index contributed by atoms with van der Waals surface area (Å²) in [5, 5.41) is 17.3. The van der Waals surface area contributed by atoms with Crippen molar-refractivity contribution in [1.29, 1.82) is 0 Å². The highest BCUT2D eigenvalue weighted by atomic mass is 32.2. The molecule has 0 aromatic rings. The highest BCUT2D eigenvalue weighted by Crippen LogP contribution is 2.10. The molecule has 180 valence electrons. The number of carbonyl (C=O) groups is 4. The fourth-order valence-electron chi connectivity index (χ4n) is 2.90. The normalized spacial score (nSPS) is 15.3. The van der Waals surface area contributed by atoms with Gasteiger partial charge in [-0.1, -0.05) is 41.5 Å². The standard InChI is InChI=1S/C21H40N4O5S/c1-11(2)10-15(21(29)30)23-19(27)16(12(3)4)25-20(28)17(13(5)6)24-18(26)14(22)8-9-31-7/h11-17H,8-10,22H2,1-7H3,(H,23,27)(H,24,26)(H,25,28)(H,29,30). The van der Waals surface area contributed by atoms with Crippen LogP contribution in [0, 0.1) is 17.8 Å². The SMILES string of the molecule is CSCCC(N)C(=O)NC(C(=O)NC(C(=O)NC(CC(C)C)C(=O)O)C(C)C)C(C)C. The summed E-state index contributed by atoms with van der Waals surface area (Å²) in [4.78, 5) is 49.5. The maximum absolute atomic E-state index is 12.9. The largest absolute Gasteiger partial charge is 0.480 e. The minimum Gasteiger partial charge on any atom is -0.480 e. The molecular weight excluding hydrogens is 420 g/mol. The molecule has 0 aliphatic carbocycles. The Labute approximate surface area is 190 Å². The lowest BCUT2D eigenvalue weighted by molar-refractivity contribution is -0.143. The van der Waals surface area contributed by atoms with Gasteiger partial charge in [0, 0.05) is 0 Å². The summed E-state index contributed by atoms with van der Waals surface area (Å²) >= 11 is 1.58. The number of nitrogens with one attached hydrogen (secondary N) is 3. The van der Waals surface area contributed by atoms with E-state index in [-0.39, 0.29) is 24.2 Å². The summed E-state index contributed by atoms with van der Waals surface area (Å²) in [5.74, 6) is -2.34. The average molecular weight is 461 g/mol. The van der Waals surface area contributed by atoms with Gasteiger partial charge in [-0.05, 0) is 42.6 Å². The van der Waals surface area contributed by atoms with Crippen LogP contribution >= 0.6 is 11.8 Å². The van der Waals surface area contributed by atoms with E-state index in [0.29, 0.717) is 6.42 Å². The van der Waals surface area contributed by atoms with Gasteiger partial charge in [0.1, 0.15) is 18.1 Å². The van der Waals surface area contributed by atoms with Gasteiger partial charge >= 0.3 is 5.97 Å². The van der Waals surface area contributed by atoms with Gasteiger partial charge in [0.2, 0.25) is 17.7 Å². The first-order chi connectivity index (χ1) is 14.3. The van der Waals surface area contributed by atoms with Crippen molar-refractivity contribution in [2.45, 2.75) is 78.6 Å². The molecule has 3 amide bonds. The summed E-state index contributed by atoms with van der Waals surface area (Å²) in [6.07, 6.45) is 2.68. The van der Waals surface area contributed by atoms with E-state index in [4.69, 9.17) is 5.73 Å². The number of amides is 3. The van der Waals surface area contributed by atoms with Gasteiger partial charge in [-0.15, -0.1) is 0 Å². The molecule has 0 rings (SSSR count). The van der Waals surface area contributed by atoms with Crippen molar-refractivity contribution in [3.05, 3.63) is 0 Å². The molecule has 0 saturated carbocycles. The third-order valence-electron chi connectivity index (χ3n) is 4.79. The first-order valence-electron chi connectivity index (χ1n) is 10.7. The van der Waals surface area contributed by atoms with Crippen molar-refractivity contribution in [3.8, 4) is 0 Å². The predicted molar refractivity (Wildman–Crippen MR) is 124 cm³/mol.